The standard InChI is InChI=1S/C14H18N4/c1-12-2-4-13(5-3-12)10-17-7-6-14-16-15-11-18(14)9-8-17/h2-5,11H,6-10H2,1H3. The quantitative estimate of drug-likeness (QED) is 0.803. The minimum Gasteiger partial charge on any atom is -0.316 e. The van der Waals surface area contributed by atoms with E-state index in [9.17, 15) is 0 Å². The Hall–Kier alpha value is -1.68. The highest BCUT2D eigenvalue weighted by Gasteiger charge is 2.14. The largest absolute Gasteiger partial charge is 0.316 e. The predicted molar refractivity (Wildman–Crippen MR) is 70.2 cm³/mol. The Balaban J connectivity index is 1.65. The molecule has 3 rings (SSSR count). The number of hydrogen-bond acceptors (Lipinski definition) is 3. The van der Waals surface area contributed by atoms with Crippen molar-refractivity contribution >= 4 is 0 Å². The van der Waals surface area contributed by atoms with Gasteiger partial charge in [-0.1, -0.05) is 29.8 Å². The third kappa shape index (κ3) is 2.43. The van der Waals surface area contributed by atoms with E-state index in [4.69, 9.17) is 0 Å². The number of fused-ring (bicyclic) bond motifs is 1. The Labute approximate surface area is 107 Å². The van der Waals surface area contributed by atoms with Crippen molar-refractivity contribution in [1.29, 1.82) is 0 Å². The van der Waals surface area contributed by atoms with Crippen LogP contribution >= 0.6 is 0 Å². The van der Waals surface area contributed by atoms with Gasteiger partial charge in [-0.05, 0) is 12.5 Å². The number of hydrogen-bond donors (Lipinski definition) is 0. The van der Waals surface area contributed by atoms with Crippen LogP contribution in [-0.2, 0) is 19.5 Å². The van der Waals surface area contributed by atoms with Gasteiger partial charge in [0.25, 0.3) is 0 Å². The molecule has 0 aliphatic carbocycles. The van der Waals surface area contributed by atoms with Crippen molar-refractivity contribution in [3.63, 3.8) is 0 Å². The molecule has 1 aliphatic heterocycles. The molecule has 18 heavy (non-hydrogen) atoms. The van der Waals surface area contributed by atoms with Crippen molar-refractivity contribution in [1.82, 2.24) is 19.7 Å². The average molecular weight is 242 g/mol. The SMILES string of the molecule is Cc1ccc(CN2CCc3nncn3CC2)cc1. The maximum absolute atomic E-state index is 4.16. The van der Waals surface area contributed by atoms with Gasteiger partial charge < -0.3 is 4.57 Å². The summed E-state index contributed by atoms with van der Waals surface area (Å²) in [5, 5.41) is 8.11. The summed E-state index contributed by atoms with van der Waals surface area (Å²) >= 11 is 0. The minimum atomic E-state index is 0.992. The van der Waals surface area contributed by atoms with Crippen LogP contribution in [0.5, 0.6) is 0 Å². The number of rotatable bonds is 2. The second kappa shape index (κ2) is 4.90. The first kappa shape index (κ1) is 11.4. The smallest absolute Gasteiger partial charge is 0.134 e. The summed E-state index contributed by atoms with van der Waals surface area (Å²) in [5.74, 6) is 1.11. The van der Waals surface area contributed by atoms with Gasteiger partial charge in [0.1, 0.15) is 12.2 Å². The molecule has 0 bridgehead atoms. The normalized spacial score (nSPS) is 16.3. The molecule has 0 amide bonds. The van der Waals surface area contributed by atoms with E-state index in [1.54, 1.807) is 0 Å². The minimum absolute atomic E-state index is 0.992. The third-order valence-corrected chi connectivity index (χ3v) is 3.53. The van der Waals surface area contributed by atoms with E-state index in [0.717, 1.165) is 38.4 Å². The molecule has 1 aromatic carbocycles. The summed E-state index contributed by atoms with van der Waals surface area (Å²) < 4.78 is 2.16. The highest BCUT2D eigenvalue weighted by molar-refractivity contribution is 5.21. The molecule has 4 nitrogen and oxygen atoms in total. The van der Waals surface area contributed by atoms with Crippen LogP contribution in [0, 0.1) is 6.92 Å². The zero-order valence-electron chi connectivity index (χ0n) is 10.7. The van der Waals surface area contributed by atoms with Crippen LogP contribution in [0.15, 0.2) is 30.6 Å². The lowest BCUT2D eigenvalue weighted by molar-refractivity contribution is 0.271. The van der Waals surface area contributed by atoms with E-state index in [1.807, 2.05) is 6.33 Å². The van der Waals surface area contributed by atoms with Crippen LogP contribution in [0.2, 0.25) is 0 Å². The molecule has 1 aliphatic rings. The van der Waals surface area contributed by atoms with Crippen molar-refractivity contribution in [3.05, 3.63) is 47.5 Å². The topological polar surface area (TPSA) is 34.0 Å². The summed E-state index contributed by atoms with van der Waals surface area (Å²) in [6.07, 6.45) is 2.83. The van der Waals surface area contributed by atoms with E-state index in [1.165, 1.54) is 11.1 Å². The van der Waals surface area contributed by atoms with Gasteiger partial charge in [-0.3, -0.25) is 4.90 Å². The Morgan fingerprint density at radius 2 is 1.94 bits per heavy atom. The zero-order valence-corrected chi connectivity index (χ0v) is 10.7. The van der Waals surface area contributed by atoms with Crippen LogP contribution in [0.3, 0.4) is 0 Å². The maximum Gasteiger partial charge on any atom is 0.134 e. The van der Waals surface area contributed by atoms with Gasteiger partial charge in [0.15, 0.2) is 0 Å². The lowest BCUT2D eigenvalue weighted by Crippen LogP contribution is -2.26. The van der Waals surface area contributed by atoms with Crippen LogP contribution in [0.1, 0.15) is 17.0 Å². The van der Waals surface area contributed by atoms with E-state index in [-0.39, 0.29) is 0 Å². The summed E-state index contributed by atoms with van der Waals surface area (Å²) in [5.41, 5.74) is 2.71. The summed E-state index contributed by atoms with van der Waals surface area (Å²) in [4.78, 5) is 2.49. The van der Waals surface area contributed by atoms with E-state index in [0.29, 0.717) is 0 Å². The van der Waals surface area contributed by atoms with Gasteiger partial charge in [0.05, 0.1) is 0 Å². The molecule has 1 aromatic heterocycles. The fraction of sp³-hybridized carbons (Fsp3) is 0.429. The summed E-state index contributed by atoms with van der Waals surface area (Å²) in [6.45, 7) is 6.28. The molecule has 0 saturated heterocycles. The molecule has 0 atom stereocenters. The average Bonchev–Trinajstić information content (AvgIpc) is 2.75. The van der Waals surface area contributed by atoms with Gasteiger partial charge in [-0.25, -0.2) is 0 Å². The number of aromatic nitrogens is 3. The van der Waals surface area contributed by atoms with Gasteiger partial charge >= 0.3 is 0 Å². The van der Waals surface area contributed by atoms with Gasteiger partial charge in [-0.2, -0.15) is 0 Å². The Bertz CT molecular complexity index is 492. The van der Waals surface area contributed by atoms with Crippen molar-refractivity contribution in [3.8, 4) is 0 Å². The maximum atomic E-state index is 4.16. The van der Waals surface area contributed by atoms with Crippen molar-refractivity contribution < 1.29 is 0 Å². The molecule has 4 heteroatoms. The first-order valence-corrected chi connectivity index (χ1v) is 6.46. The lowest BCUT2D eigenvalue weighted by atomic mass is 10.1. The molecular weight excluding hydrogens is 224 g/mol. The molecule has 2 heterocycles. The molecule has 0 unspecified atom stereocenters. The molecule has 0 fully saturated rings. The molecule has 0 saturated carbocycles. The fourth-order valence-electron chi connectivity index (χ4n) is 2.39. The van der Waals surface area contributed by atoms with E-state index in [2.05, 4.69) is 50.9 Å². The lowest BCUT2D eigenvalue weighted by Gasteiger charge is -2.19. The van der Waals surface area contributed by atoms with Crippen LogP contribution in [-0.4, -0.2) is 32.8 Å². The molecule has 0 spiro atoms. The Morgan fingerprint density at radius 3 is 2.78 bits per heavy atom. The first-order valence-electron chi connectivity index (χ1n) is 6.46. The van der Waals surface area contributed by atoms with Gasteiger partial charge in [0, 0.05) is 32.6 Å². The molecule has 0 N–H and O–H groups in total. The zero-order chi connectivity index (χ0) is 12.4. The van der Waals surface area contributed by atoms with Crippen LogP contribution in [0.25, 0.3) is 0 Å². The van der Waals surface area contributed by atoms with Gasteiger partial charge in [0.2, 0.25) is 0 Å². The second-order valence-electron chi connectivity index (χ2n) is 4.95. The van der Waals surface area contributed by atoms with Gasteiger partial charge in [-0.15, -0.1) is 10.2 Å². The monoisotopic (exact) mass is 242 g/mol. The molecular formula is C14H18N4. The second-order valence-corrected chi connectivity index (χ2v) is 4.95. The van der Waals surface area contributed by atoms with Crippen LogP contribution < -0.4 is 0 Å². The van der Waals surface area contributed by atoms with Crippen LogP contribution in [0.4, 0.5) is 0 Å². The van der Waals surface area contributed by atoms with Crippen molar-refractivity contribution in [2.24, 2.45) is 0 Å². The fourth-order valence-corrected chi connectivity index (χ4v) is 2.39. The molecule has 94 valence electrons. The highest BCUT2D eigenvalue weighted by Crippen LogP contribution is 2.11. The summed E-state index contributed by atoms with van der Waals surface area (Å²) in [6, 6.07) is 8.81. The van der Waals surface area contributed by atoms with E-state index < -0.39 is 0 Å². The number of benzene rings is 1. The van der Waals surface area contributed by atoms with Crippen molar-refractivity contribution in [2.45, 2.75) is 26.4 Å². The molecule has 0 radical (unpaired) electrons. The van der Waals surface area contributed by atoms with E-state index >= 15 is 0 Å². The Kier molecular flexibility index (Phi) is 3.11. The first-order chi connectivity index (χ1) is 8.81. The highest BCUT2D eigenvalue weighted by atomic mass is 15.3. The number of aryl methyl sites for hydroxylation is 1. The number of nitrogens with zero attached hydrogens (tertiary/aromatic N) is 4. The third-order valence-electron chi connectivity index (χ3n) is 3.53. The van der Waals surface area contributed by atoms with Crippen molar-refractivity contribution in [2.75, 3.05) is 13.1 Å². The Morgan fingerprint density at radius 1 is 1.11 bits per heavy atom. The summed E-state index contributed by atoms with van der Waals surface area (Å²) in [7, 11) is 0. The molecule has 2 aromatic rings. The predicted octanol–water partition coefficient (Wildman–Crippen LogP) is 1.64.